The fraction of sp³-hybridized carbons (Fsp3) is 0. The molecule has 0 spiro atoms. The van der Waals surface area contributed by atoms with Crippen LogP contribution in [-0.4, -0.2) is 0 Å². The van der Waals surface area contributed by atoms with Gasteiger partial charge in [0, 0.05) is 9.79 Å². The van der Waals surface area contributed by atoms with E-state index in [2.05, 4.69) is 48.5 Å². The molecule has 0 aliphatic heterocycles. The van der Waals surface area contributed by atoms with Crippen molar-refractivity contribution in [2.24, 2.45) is 0 Å². The smallest absolute Gasteiger partial charge is 0.127 e. The maximum absolute atomic E-state index is 5.58. The Morgan fingerprint density at radius 1 is 0.385 bits per heavy atom. The van der Waals surface area contributed by atoms with Gasteiger partial charge in [-0.3, -0.25) is 0 Å². The van der Waals surface area contributed by atoms with Crippen LogP contribution in [0.15, 0.2) is 131 Å². The Hall–Kier alpha value is -2.97. The van der Waals surface area contributed by atoms with E-state index in [9.17, 15) is 0 Å². The number of hydrogen-bond donors (Lipinski definition) is 0. The van der Waals surface area contributed by atoms with Crippen molar-refractivity contribution in [2.45, 2.75) is 9.79 Å². The first kappa shape index (κ1) is 17.8. The molecule has 0 heterocycles. The molecule has 0 fully saturated rings. The molecule has 0 N–H and O–H groups in total. The Kier molecular flexibility index (Phi) is 6.94. The van der Waals surface area contributed by atoms with Crippen LogP contribution in [0.2, 0.25) is 0 Å². The van der Waals surface area contributed by atoms with Gasteiger partial charge in [0.1, 0.15) is 11.5 Å². The van der Waals surface area contributed by atoms with E-state index in [1.165, 1.54) is 9.79 Å². The predicted molar refractivity (Wildman–Crippen MR) is 110 cm³/mol. The van der Waals surface area contributed by atoms with Crippen molar-refractivity contribution in [1.29, 1.82) is 0 Å². The summed E-state index contributed by atoms with van der Waals surface area (Å²) in [5, 5.41) is 0. The van der Waals surface area contributed by atoms with Crippen molar-refractivity contribution in [1.82, 2.24) is 0 Å². The third-order valence-corrected chi connectivity index (χ3v) is 4.46. The Labute approximate surface area is 159 Å². The second kappa shape index (κ2) is 10.1. The van der Waals surface area contributed by atoms with Gasteiger partial charge in [0.25, 0.3) is 0 Å². The molecule has 0 bridgehead atoms. The highest BCUT2D eigenvalue weighted by Crippen LogP contribution is 2.26. The molecule has 0 unspecified atom stereocenters. The lowest BCUT2D eigenvalue weighted by molar-refractivity contribution is 0.482. The SMILES string of the molecule is c1ccc(Oc2ccccc2)cc1.c1ccc(Sc2ccccc2)cc1. The van der Waals surface area contributed by atoms with Gasteiger partial charge in [0.15, 0.2) is 0 Å². The van der Waals surface area contributed by atoms with Gasteiger partial charge >= 0.3 is 0 Å². The summed E-state index contributed by atoms with van der Waals surface area (Å²) in [5.74, 6) is 1.74. The summed E-state index contributed by atoms with van der Waals surface area (Å²) in [6.45, 7) is 0. The van der Waals surface area contributed by atoms with E-state index in [4.69, 9.17) is 4.74 Å². The van der Waals surface area contributed by atoms with E-state index in [1.54, 1.807) is 11.8 Å². The van der Waals surface area contributed by atoms with Crippen molar-refractivity contribution in [2.75, 3.05) is 0 Å². The second-order valence-electron chi connectivity index (χ2n) is 5.46. The minimum absolute atomic E-state index is 0.869. The number of benzene rings is 4. The molecule has 2 heteroatoms. The van der Waals surface area contributed by atoms with Crippen molar-refractivity contribution in [3.05, 3.63) is 121 Å². The molecule has 4 aromatic carbocycles. The van der Waals surface area contributed by atoms with Gasteiger partial charge in [0.2, 0.25) is 0 Å². The molecule has 0 aliphatic carbocycles. The molecule has 0 saturated heterocycles. The van der Waals surface area contributed by atoms with Gasteiger partial charge in [-0.2, -0.15) is 0 Å². The van der Waals surface area contributed by atoms with Gasteiger partial charge < -0.3 is 4.74 Å². The summed E-state index contributed by atoms with van der Waals surface area (Å²) in [6, 6.07) is 40.3. The van der Waals surface area contributed by atoms with E-state index in [0.717, 1.165) is 11.5 Å². The van der Waals surface area contributed by atoms with Crippen molar-refractivity contribution < 1.29 is 4.74 Å². The monoisotopic (exact) mass is 356 g/mol. The van der Waals surface area contributed by atoms with Gasteiger partial charge in [-0.1, -0.05) is 84.6 Å². The van der Waals surface area contributed by atoms with Crippen LogP contribution in [0.4, 0.5) is 0 Å². The molecule has 0 saturated carbocycles. The van der Waals surface area contributed by atoms with E-state index in [-0.39, 0.29) is 0 Å². The fourth-order valence-corrected chi connectivity index (χ4v) is 3.08. The molecular weight excluding hydrogens is 336 g/mol. The van der Waals surface area contributed by atoms with Crippen molar-refractivity contribution in [3.8, 4) is 11.5 Å². The van der Waals surface area contributed by atoms with E-state index >= 15 is 0 Å². The highest BCUT2D eigenvalue weighted by atomic mass is 32.2. The van der Waals surface area contributed by atoms with Crippen LogP contribution in [-0.2, 0) is 0 Å². The standard InChI is InChI=1S/C12H10O.C12H10S/c2*1-3-7-11(8-4-1)13-12-9-5-2-6-10-12/h2*1-10H. The minimum atomic E-state index is 0.869. The molecule has 0 radical (unpaired) electrons. The molecule has 1 nitrogen and oxygen atoms in total. The van der Waals surface area contributed by atoms with Gasteiger partial charge in [0.05, 0.1) is 0 Å². The minimum Gasteiger partial charge on any atom is -0.457 e. The third kappa shape index (κ3) is 6.15. The lowest BCUT2D eigenvalue weighted by Crippen LogP contribution is -1.81. The Balaban J connectivity index is 0.000000151. The highest BCUT2D eigenvalue weighted by Gasteiger charge is 1.94. The topological polar surface area (TPSA) is 9.23 Å². The van der Waals surface area contributed by atoms with Crippen LogP contribution in [0.5, 0.6) is 11.5 Å². The lowest BCUT2D eigenvalue weighted by atomic mass is 10.3. The Bertz CT molecular complexity index is 711. The zero-order valence-electron chi connectivity index (χ0n) is 14.4. The zero-order chi connectivity index (χ0) is 17.9. The quantitative estimate of drug-likeness (QED) is 0.379. The Morgan fingerprint density at radius 3 is 1.04 bits per heavy atom. The summed E-state index contributed by atoms with van der Waals surface area (Å²) in [5.41, 5.74) is 0. The van der Waals surface area contributed by atoms with E-state index in [1.807, 2.05) is 72.8 Å². The number of ether oxygens (including phenoxy) is 1. The fourth-order valence-electron chi connectivity index (χ4n) is 2.23. The first-order valence-electron chi connectivity index (χ1n) is 8.46. The molecule has 0 amide bonds. The second-order valence-corrected chi connectivity index (χ2v) is 6.60. The van der Waals surface area contributed by atoms with Crippen LogP contribution in [0.3, 0.4) is 0 Å². The number of rotatable bonds is 4. The van der Waals surface area contributed by atoms with Gasteiger partial charge in [-0.15, -0.1) is 0 Å². The van der Waals surface area contributed by atoms with E-state index in [0.29, 0.717) is 0 Å². The van der Waals surface area contributed by atoms with Crippen molar-refractivity contribution in [3.63, 3.8) is 0 Å². The highest BCUT2D eigenvalue weighted by molar-refractivity contribution is 7.99. The maximum Gasteiger partial charge on any atom is 0.127 e. The normalized spacial score (nSPS) is 9.69. The van der Waals surface area contributed by atoms with Gasteiger partial charge in [-0.25, -0.2) is 0 Å². The number of hydrogen-bond acceptors (Lipinski definition) is 2. The van der Waals surface area contributed by atoms with E-state index < -0.39 is 0 Å². The van der Waals surface area contributed by atoms with Crippen LogP contribution in [0.25, 0.3) is 0 Å². The largest absolute Gasteiger partial charge is 0.457 e. The first-order valence-corrected chi connectivity index (χ1v) is 9.28. The number of para-hydroxylation sites is 2. The van der Waals surface area contributed by atoms with Crippen LogP contribution >= 0.6 is 11.8 Å². The molecule has 26 heavy (non-hydrogen) atoms. The summed E-state index contributed by atoms with van der Waals surface area (Å²) in [7, 11) is 0. The summed E-state index contributed by atoms with van der Waals surface area (Å²) in [4.78, 5) is 2.57. The predicted octanol–water partition coefficient (Wildman–Crippen LogP) is 7.32. The van der Waals surface area contributed by atoms with Crippen LogP contribution in [0.1, 0.15) is 0 Å². The maximum atomic E-state index is 5.58. The molecule has 4 rings (SSSR count). The van der Waals surface area contributed by atoms with Crippen molar-refractivity contribution >= 4 is 11.8 Å². The average Bonchev–Trinajstić information content (AvgIpc) is 2.72. The van der Waals surface area contributed by atoms with Gasteiger partial charge in [-0.05, 0) is 48.5 Å². The molecule has 0 aromatic heterocycles. The van der Waals surface area contributed by atoms with Crippen LogP contribution < -0.4 is 4.74 Å². The molecule has 128 valence electrons. The molecule has 0 aliphatic rings. The first-order chi connectivity index (χ1) is 12.9. The summed E-state index contributed by atoms with van der Waals surface area (Å²) < 4.78 is 5.58. The zero-order valence-corrected chi connectivity index (χ0v) is 15.2. The molecule has 4 aromatic rings. The van der Waals surface area contributed by atoms with Crippen LogP contribution in [0, 0.1) is 0 Å². The average molecular weight is 356 g/mol. The summed E-state index contributed by atoms with van der Waals surface area (Å²) in [6.07, 6.45) is 0. The third-order valence-electron chi connectivity index (χ3n) is 3.44. The Morgan fingerprint density at radius 2 is 0.692 bits per heavy atom. The summed E-state index contributed by atoms with van der Waals surface area (Å²) >= 11 is 1.79. The molecule has 0 atom stereocenters. The molecular formula is C24H20OS. The lowest BCUT2D eigenvalue weighted by Gasteiger charge is -2.03.